The van der Waals surface area contributed by atoms with Gasteiger partial charge in [0, 0.05) is 29.3 Å². The molecule has 2 aromatic carbocycles. The van der Waals surface area contributed by atoms with E-state index in [9.17, 15) is 8.42 Å². The zero-order valence-corrected chi connectivity index (χ0v) is 18.4. The van der Waals surface area contributed by atoms with Crippen molar-refractivity contribution in [3.05, 3.63) is 79.1 Å². The molecule has 1 N–H and O–H groups in total. The average Bonchev–Trinajstić information content (AvgIpc) is 3.25. The summed E-state index contributed by atoms with van der Waals surface area (Å²) in [5.74, 6) is 0.807. The normalized spacial score (nSPS) is 11.5. The van der Waals surface area contributed by atoms with Crippen LogP contribution in [0.2, 0.25) is 0 Å². The van der Waals surface area contributed by atoms with E-state index in [0.29, 0.717) is 6.42 Å². The molecule has 0 atom stereocenters. The minimum absolute atomic E-state index is 0.0419. The summed E-state index contributed by atoms with van der Waals surface area (Å²) in [5, 5.41) is 0.723. The van der Waals surface area contributed by atoms with E-state index in [4.69, 9.17) is 4.98 Å². The number of hydrogen-bond acceptors (Lipinski definition) is 6. The van der Waals surface area contributed by atoms with Gasteiger partial charge in [0.2, 0.25) is 15.0 Å². The molecule has 4 aromatic rings. The van der Waals surface area contributed by atoms with E-state index in [1.54, 1.807) is 17.8 Å². The number of rotatable bonds is 9. The number of hydrogen-bond donors (Lipinski definition) is 1. The summed E-state index contributed by atoms with van der Waals surface area (Å²) in [6, 6.07) is 21.8. The molecule has 2 aromatic heterocycles. The van der Waals surface area contributed by atoms with Crippen molar-refractivity contribution in [3.63, 3.8) is 0 Å². The van der Waals surface area contributed by atoms with Crippen LogP contribution in [0.3, 0.4) is 0 Å². The number of unbranched alkanes of at least 4 members (excludes halogenated alkanes) is 1. The number of aromatic amines is 1. The number of sulfone groups is 1. The Bertz CT molecular complexity index is 1160. The summed E-state index contributed by atoms with van der Waals surface area (Å²) in [7, 11) is -3.43. The third kappa shape index (κ3) is 5.39. The summed E-state index contributed by atoms with van der Waals surface area (Å²) < 4.78 is 24.6. The molecule has 0 aliphatic heterocycles. The van der Waals surface area contributed by atoms with Crippen molar-refractivity contribution < 1.29 is 8.42 Å². The van der Waals surface area contributed by atoms with Crippen molar-refractivity contribution in [2.45, 2.75) is 23.2 Å². The van der Waals surface area contributed by atoms with E-state index in [0.717, 1.165) is 39.8 Å². The minimum Gasteiger partial charge on any atom is -0.332 e. The molecule has 0 amide bonds. The van der Waals surface area contributed by atoms with Gasteiger partial charge in [-0.3, -0.25) is 0 Å². The third-order valence-corrected chi connectivity index (χ3v) is 7.21. The second-order valence-electron chi connectivity index (χ2n) is 6.90. The molecule has 8 heteroatoms. The molecule has 4 rings (SSSR count). The van der Waals surface area contributed by atoms with Crippen LogP contribution < -0.4 is 0 Å². The summed E-state index contributed by atoms with van der Waals surface area (Å²) in [4.78, 5) is 16.0. The molecule has 0 saturated heterocycles. The lowest BCUT2D eigenvalue weighted by molar-refractivity contribution is 0.583. The van der Waals surface area contributed by atoms with Crippen molar-refractivity contribution >= 4 is 21.6 Å². The monoisotopic (exact) mass is 450 g/mol. The Balaban J connectivity index is 1.41. The maximum atomic E-state index is 12.3. The van der Waals surface area contributed by atoms with Crippen molar-refractivity contribution in [1.82, 2.24) is 19.9 Å². The van der Waals surface area contributed by atoms with Crippen LogP contribution in [0.5, 0.6) is 0 Å². The van der Waals surface area contributed by atoms with Gasteiger partial charge >= 0.3 is 0 Å². The fourth-order valence-corrected chi connectivity index (χ4v) is 5.22. The second kappa shape index (κ2) is 9.89. The van der Waals surface area contributed by atoms with Gasteiger partial charge in [0.1, 0.15) is 0 Å². The SMILES string of the molecule is O=S(=O)(CCCCSc1nc(-c2ccccc2)c(-c2ccccc2)[nH]1)c1ncccn1. The fourth-order valence-electron chi connectivity index (χ4n) is 3.14. The molecule has 0 radical (unpaired) electrons. The summed E-state index contributed by atoms with van der Waals surface area (Å²) in [6.45, 7) is 0. The minimum atomic E-state index is -3.43. The maximum absolute atomic E-state index is 12.3. The first-order valence-corrected chi connectivity index (χ1v) is 12.6. The van der Waals surface area contributed by atoms with E-state index < -0.39 is 9.84 Å². The molecule has 6 nitrogen and oxygen atoms in total. The van der Waals surface area contributed by atoms with E-state index in [1.807, 2.05) is 48.5 Å². The molecular formula is C23H22N4O2S2. The van der Waals surface area contributed by atoms with Gasteiger partial charge in [-0.15, -0.1) is 0 Å². The van der Waals surface area contributed by atoms with Crippen LogP contribution in [0.1, 0.15) is 12.8 Å². The standard InChI is InChI=1S/C23H22N4O2S2/c28-31(29,23-24-14-9-15-25-23)17-8-7-16-30-22-26-20(18-10-3-1-4-11-18)21(27-22)19-12-5-2-6-13-19/h1-6,9-15H,7-8,16-17H2,(H,26,27). The Kier molecular flexibility index (Phi) is 6.79. The highest BCUT2D eigenvalue weighted by molar-refractivity contribution is 7.99. The Labute approximate surface area is 186 Å². The van der Waals surface area contributed by atoms with E-state index in [2.05, 4.69) is 27.1 Å². The fraction of sp³-hybridized carbons (Fsp3) is 0.174. The molecule has 0 spiro atoms. The Morgan fingerprint density at radius 3 is 2.13 bits per heavy atom. The Hall–Kier alpha value is -2.97. The van der Waals surface area contributed by atoms with Gasteiger partial charge in [-0.25, -0.2) is 23.4 Å². The predicted molar refractivity (Wildman–Crippen MR) is 124 cm³/mol. The van der Waals surface area contributed by atoms with Crippen molar-refractivity contribution in [2.24, 2.45) is 0 Å². The molecule has 0 fully saturated rings. The largest absolute Gasteiger partial charge is 0.332 e. The quantitative estimate of drug-likeness (QED) is 0.222. The zero-order valence-electron chi connectivity index (χ0n) is 16.8. The molecule has 158 valence electrons. The van der Waals surface area contributed by atoms with Gasteiger partial charge in [-0.1, -0.05) is 72.4 Å². The van der Waals surface area contributed by atoms with Crippen LogP contribution >= 0.6 is 11.8 Å². The van der Waals surface area contributed by atoms with Gasteiger partial charge in [0.25, 0.3) is 0 Å². The number of imidazole rings is 1. The number of nitrogens with one attached hydrogen (secondary N) is 1. The highest BCUT2D eigenvalue weighted by Gasteiger charge is 2.17. The molecular weight excluding hydrogens is 428 g/mol. The lowest BCUT2D eigenvalue weighted by atomic mass is 10.1. The Morgan fingerprint density at radius 2 is 1.45 bits per heavy atom. The highest BCUT2D eigenvalue weighted by atomic mass is 32.2. The van der Waals surface area contributed by atoms with Crippen LogP contribution in [0.25, 0.3) is 22.5 Å². The van der Waals surface area contributed by atoms with Crippen molar-refractivity contribution in [2.75, 3.05) is 11.5 Å². The first-order chi connectivity index (χ1) is 15.1. The zero-order chi connectivity index (χ0) is 21.5. The third-order valence-electron chi connectivity index (χ3n) is 4.66. The van der Waals surface area contributed by atoms with Crippen LogP contribution in [0, 0.1) is 0 Å². The smallest absolute Gasteiger partial charge is 0.246 e. The topological polar surface area (TPSA) is 88.6 Å². The molecule has 0 saturated carbocycles. The number of aromatic nitrogens is 4. The number of benzene rings is 2. The summed E-state index contributed by atoms with van der Waals surface area (Å²) in [6.07, 6.45) is 4.19. The molecule has 0 aliphatic carbocycles. The first-order valence-electron chi connectivity index (χ1n) is 9.97. The van der Waals surface area contributed by atoms with Crippen molar-refractivity contribution in [3.8, 4) is 22.5 Å². The van der Waals surface area contributed by atoms with Gasteiger partial charge in [0.15, 0.2) is 5.16 Å². The van der Waals surface area contributed by atoms with Crippen LogP contribution in [0.4, 0.5) is 0 Å². The average molecular weight is 451 g/mol. The molecule has 0 bridgehead atoms. The van der Waals surface area contributed by atoms with Gasteiger partial charge in [-0.2, -0.15) is 0 Å². The van der Waals surface area contributed by atoms with Crippen LogP contribution in [-0.2, 0) is 9.84 Å². The van der Waals surface area contributed by atoms with E-state index >= 15 is 0 Å². The van der Waals surface area contributed by atoms with Gasteiger partial charge in [-0.05, 0) is 18.9 Å². The van der Waals surface area contributed by atoms with E-state index in [1.165, 1.54) is 12.4 Å². The number of nitrogens with zero attached hydrogens (tertiary/aromatic N) is 3. The van der Waals surface area contributed by atoms with Gasteiger partial charge in [0.05, 0.1) is 17.1 Å². The number of H-pyrrole nitrogens is 1. The second-order valence-corrected chi connectivity index (χ2v) is 9.99. The van der Waals surface area contributed by atoms with Gasteiger partial charge < -0.3 is 4.98 Å². The number of thioether (sulfide) groups is 1. The summed E-state index contributed by atoms with van der Waals surface area (Å²) in [5.41, 5.74) is 4.03. The predicted octanol–water partition coefficient (Wildman–Crippen LogP) is 4.88. The van der Waals surface area contributed by atoms with Crippen LogP contribution in [0.15, 0.2) is 89.4 Å². The molecule has 0 aliphatic rings. The lowest BCUT2D eigenvalue weighted by Crippen LogP contribution is -2.10. The molecule has 2 heterocycles. The lowest BCUT2D eigenvalue weighted by Gasteiger charge is -2.02. The van der Waals surface area contributed by atoms with Crippen molar-refractivity contribution in [1.29, 1.82) is 0 Å². The maximum Gasteiger partial charge on any atom is 0.246 e. The Morgan fingerprint density at radius 1 is 0.806 bits per heavy atom. The molecule has 31 heavy (non-hydrogen) atoms. The first kappa shape index (κ1) is 21.3. The highest BCUT2D eigenvalue weighted by Crippen LogP contribution is 2.32. The van der Waals surface area contributed by atoms with Crippen LogP contribution in [-0.4, -0.2) is 39.9 Å². The molecule has 0 unspecified atom stereocenters. The summed E-state index contributed by atoms with van der Waals surface area (Å²) >= 11 is 1.60. The van der Waals surface area contributed by atoms with E-state index in [-0.39, 0.29) is 10.9 Å².